The van der Waals surface area contributed by atoms with Crippen LogP contribution in [0.1, 0.15) is 24.3 Å². The fraction of sp³-hybridized carbons (Fsp3) is 0.250. The van der Waals surface area contributed by atoms with Gasteiger partial charge in [-0.05, 0) is 31.5 Å². The zero-order valence-corrected chi connectivity index (χ0v) is 14.6. The number of hydrogen-bond donors (Lipinski definition) is 0. The molecule has 0 fully saturated rings. The van der Waals surface area contributed by atoms with E-state index in [1.54, 1.807) is 31.6 Å². The van der Waals surface area contributed by atoms with E-state index in [2.05, 4.69) is 25.0 Å². The minimum atomic E-state index is -2.98. The van der Waals surface area contributed by atoms with Crippen LogP contribution in [0.4, 0.5) is 8.78 Å². The van der Waals surface area contributed by atoms with Gasteiger partial charge < -0.3 is 9.47 Å². The first-order valence-corrected chi connectivity index (χ1v) is 7.92. The van der Waals surface area contributed by atoms with Gasteiger partial charge in [0.15, 0.2) is 0 Å². The third-order valence-electron chi connectivity index (χ3n) is 3.36. The van der Waals surface area contributed by atoms with Gasteiger partial charge in [0, 0.05) is 18.5 Å². The SMILES string of the molecule is Cc1cnc(OC(C)c2cn(-c3ccc(Cl)c(OC(F)F)c3)nn2)nc1. The molecular weight excluding hydrogens is 368 g/mol. The molecule has 0 amide bonds. The topological polar surface area (TPSA) is 75.0 Å². The fourth-order valence-corrected chi connectivity index (χ4v) is 2.23. The Morgan fingerprint density at radius 2 is 1.88 bits per heavy atom. The van der Waals surface area contributed by atoms with Crippen LogP contribution < -0.4 is 9.47 Å². The van der Waals surface area contributed by atoms with Crippen LogP contribution in [0, 0.1) is 6.92 Å². The second-order valence-electron chi connectivity index (χ2n) is 5.38. The maximum Gasteiger partial charge on any atom is 0.387 e. The number of alkyl halides is 2. The molecule has 0 saturated carbocycles. The number of rotatable bonds is 6. The molecule has 0 bridgehead atoms. The van der Waals surface area contributed by atoms with E-state index in [4.69, 9.17) is 16.3 Å². The third-order valence-corrected chi connectivity index (χ3v) is 3.67. The summed E-state index contributed by atoms with van der Waals surface area (Å²) in [7, 11) is 0. The van der Waals surface area contributed by atoms with Gasteiger partial charge in [0.05, 0.1) is 16.9 Å². The molecule has 136 valence electrons. The van der Waals surface area contributed by atoms with Crippen molar-refractivity contribution in [2.24, 2.45) is 0 Å². The van der Waals surface area contributed by atoms with Crippen LogP contribution in [0.25, 0.3) is 5.69 Å². The molecule has 10 heteroatoms. The molecule has 0 saturated heterocycles. The van der Waals surface area contributed by atoms with Crippen LogP contribution in [-0.2, 0) is 0 Å². The zero-order chi connectivity index (χ0) is 18.7. The normalized spacial score (nSPS) is 12.2. The number of benzene rings is 1. The van der Waals surface area contributed by atoms with E-state index < -0.39 is 12.7 Å². The summed E-state index contributed by atoms with van der Waals surface area (Å²) in [6.07, 6.45) is 4.43. The van der Waals surface area contributed by atoms with E-state index in [9.17, 15) is 8.78 Å². The standard InChI is InChI=1S/C16H14ClF2N5O2/c1-9-6-20-16(21-7-9)25-10(2)13-8-24(23-22-13)11-3-4-12(17)14(5-11)26-15(18)19/h3-8,10,15H,1-2H3. The van der Waals surface area contributed by atoms with Gasteiger partial charge in [-0.15, -0.1) is 5.10 Å². The lowest BCUT2D eigenvalue weighted by molar-refractivity contribution is -0.0497. The summed E-state index contributed by atoms with van der Waals surface area (Å²) in [5, 5.41) is 8.07. The highest BCUT2D eigenvalue weighted by Crippen LogP contribution is 2.28. The molecule has 0 aliphatic rings. The monoisotopic (exact) mass is 381 g/mol. The Balaban J connectivity index is 1.77. The predicted octanol–water partition coefficient (Wildman–Crippen LogP) is 3.76. The van der Waals surface area contributed by atoms with Crippen LogP contribution in [0.2, 0.25) is 5.02 Å². The highest BCUT2D eigenvalue weighted by Gasteiger charge is 2.15. The fourth-order valence-electron chi connectivity index (χ4n) is 2.07. The Morgan fingerprint density at radius 3 is 2.58 bits per heavy atom. The van der Waals surface area contributed by atoms with Crippen molar-refractivity contribution >= 4 is 11.6 Å². The van der Waals surface area contributed by atoms with Crippen molar-refractivity contribution in [3.63, 3.8) is 0 Å². The van der Waals surface area contributed by atoms with E-state index >= 15 is 0 Å². The lowest BCUT2D eigenvalue weighted by Crippen LogP contribution is -2.06. The number of aromatic nitrogens is 5. The van der Waals surface area contributed by atoms with Crippen LogP contribution in [0.15, 0.2) is 36.8 Å². The number of aryl methyl sites for hydroxylation is 1. The zero-order valence-electron chi connectivity index (χ0n) is 13.8. The summed E-state index contributed by atoms with van der Waals surface area (Å²) in [6.45, 7) is 0.666. The summed E-state index contributed by atoms with van der Waals surface area (Å²) in [4.78, 5) is 8.13. The molecule has 0 radical (unpaired) electrons. The van der Waals surface area contributed by atoms with Crippen molar-refractivity contribution in [1.29, 1.82) is 0 Å². The first-order valence-electron chi connectivity index (χ1n) is 7.54. The van der Waals surface area contributed by atoms with Crippen molar-refractivity contribution in [3.8, 4) is 17.4 Å². The smallest absolute Gasteiger partial charge is 0.387 e. The number of halogens is 3. The molecule has 1 unspecified atom stereocenters. The molecule has 0 N–H and O–H groups in total. The Kier molecular flexibility index (Phi) is 5.27. The van der Waals surface area contributed by atoms with Gasteiger partial charge >= 0.3 is 12.6 Å². The number of nitrogens with zero attached hydrogens (tertiary/aromatic N) is 5. The molecular formula is C16H14ClF2N5O2. The first kappa shape index (κ1) is 18.0. The lowest BCUT2D eigenvalue weighted by Gasteiger charge is -2.10. The molecule has 0 spiro atoms. The van der Waals surface area contributed by atoms with E-state index in [-0.39, 0.29) is 16.8 Å². The largest absolute Gasteiger partial charge is 0.454 e. The summed E-state index contributed by atoms with van der Waals surface area (Å²) in [5.41, 5.74) is 1.89. The van der Waals surface area contributed by atoms with Crippen LogP contribution in [-0.4, -0.2) is 31.6 Å². The summed E-state index contributed by atoms with van der Waals surface area (Å²) < 4.78 is 36.3. The molecule has 1 aromatic carbocycles. The van der Waals surface area contributed by atoms with Gasteiger partial charge in [0.25, 0.3) is 0 Å². The molecule has 3 rings (SSSR count). The van der Waals surface area contributed by atoms with Gasteiger partial charge in [-0.3, -0.25) is 0 Å². The molecule has 2 aromatic heterocycles. The van der Waals surface area contributed by atoms with Crippen molar-refractivity contribution in [3.05, 3.63) is 53.1 Å². The third kappa shape index (κ3) is 4.23. The molecule has 3 aromatic rings. The summed E-state index contributed by atoms with van der Waals surface area (Å²) in [6, 6.07) is 4.61. The number of ether oxygens (including phenoxy) is 2. The molecule has 26 heavy (non-hydrogen) atoms. The summed E-state index contributed by atoms with van der Waals surface area (Å²) >= 11 is 5.85. The van der Waals surface area contributed by atoms with E-state index in [0.29, 0.717) is 11.4 Å². The Bertz CT molecular complexity index is 889. The van der Waals surface area contributed by atoms with Gasteiger partial charge in [0.2, 0.25) is 0 Å². The summed E-state index contributed by atoms with van der Waals surface area (Å²) in [5.74, 6) is -0.145. The van der Waals surface area contributed by atoms with E-state index in [1.165, 1.54) is 16.8 Å². The average molecular weight is 382 g/mol. The van der Waals surface area contributed by atoms with Crippen LogP contribution in [0.5, 0.6) is 11.8 Å². The Morgan fingerprint density at radius 1 is 1.15 bits per heavy atom. The van der Waals surface area contributed by atoms with E-state index in [1.807, 2.05) is 6.92 Å². The van der Waals surface area contributed by atoms with Gasteiger partial charge in [-0.1, -0.05) is 16.8 Å². The molecule has 2 heterocycles. The van der Waals surface area contributed by atoms with Crippen molar-refractivity contribution in [2.75, 3.05) is 0 Å². The van der Waals surface area contributed by atoms with Crippen LogP contribution in [0.3, 0.4) is 0 Å². The molecule has 0 aliphatic carbocycles. The van der Waals surface area contributed by atoms with Gasteiger partial charge in [-0.25, -0.2) is 14.6 Å². The second kappa shape index (κ2) is 7.61. The maximum atomic E-state index is 12.4. The van der Waals surface area contributed by atoms with Gasteiger partial charge in [-0.2, -0.15) is 8.78 Å². The highest BCUT2D eigenvalue weighted by atomic mass is 35.5. The molecule has 0 aliphatic heterocycles. The molecule has 7 nitrogen and oxygen atoms in total. The quantitative estimate of drug-likeness (QED) is 0.647. The lowest BCUT2D eigenvalue weighted by atomic mass is 10.3. The minimum Gasteiger partial charge on any atom is -0.454 e. The van der Waals surface area contributed by atoms with Crippen molar-refractivity contribution in [1.82, 2.24) is 25.0 Å². The van der Waals surface area contributed by atoms with Crippen LogP contribution >= 0.6 is 11.6 Å². The minimum absolute atomic E-state index is 0.0719. The molecule has 1 atom stereocenters. The van der Waals surface area contributed by atoms with Crippen molar-refractivity contribution < 1.29 is 18.3 Å². The predicted molar refractivity (Wildman–Crippen MR) is 88.8 cm³/mol. The highest BCUT2D eigenvalue weighted by molar-refractivity contribution is 6.32. The average Bonchev–Trinajstić information content (AvgIpc) is 3.09. The van der Waals surface area contributed by atoms with Gasteiger partial charge in [0.1, 0.15) is 17.5 Å². The first-order chi connectivity index (χ1) is 12.4. The number of hydrogen-bond acceptors (Lipinski definition) is 6. The van der Waals surface area contributed by atoms with Crippen molar-refractivity contribution in [2.45, 2.75) is 26.6 Å². The Labute approximate surface area is 152 Å². The Hall–Kier alpha value is -2.81. The second-order valence-corrected chi connectivity index (χ2v) is 5.79. The maximum absolute atomic E-state index is 12.4. The van der Waals surface area contributed by atoms with E-state index in [0.717, 1.165) is 5.56 Å².